The molecule has 0 radical (unpaired) electrons. The third-order valence-corrected chi connectivity index (χ3v) is 3.66. The number of methoxy groups -OCH3 is 1. The number of ether oxygens (including phenoxy) is 1. The summed E-state index contributed by atoms with van der Waals surface area (Å²) in [4.78, 5) is 34.3. The standard InChI is InChI=1S/C13H11N3O5S/c1-7-10(16(19)20)12(22-15-7)14-11(17)8-5-3-4-6-9(8)13(18)21-2/h3-6H,1-2H3,(H,14,17). The first-order valence-corrected chi connectivity index (χ1v) is 6.82. The molecule has 1 heterocycles. The number of amides is 1. The van der Waals surface area contributed by atoms with E-state index in [9.17, 15) is 19.7 Å². The lowest BCUT2D eigenvalue weighted by atomic mass is 10.1. The second kappa shape index (κ2) is 6.31. The van der Waals surface area contributed by atoms with Crippen molar-refractivity contribution >= 4 is 34.1 Å². The average molecular weight is 321 g/mol. The molecule has 0 bridgehead atoms. The van der Waals surface area contributed by atoms with Gasteiger partial charge in [0.05, 0.1) is 23.2 Å². The third-order valence-electron chi connectivity index (χ3n) is 2.82. The van der Waals surface area contributed by atoms with Gasteiger partial charge >= 0.3 is 11.7 Å². The van der Waals surface area contributed by atoms with Crippen LogP contribution in [0.5, 0.6) is 0 Å². The van der Waals surface area contributed by atoms with E-state index < -0.39 is 16.8 Å². The summed E-state index contributed by atoms with van der Waals surface area (Å²) in [7, 11) is 1.20. The van der Waals surface area contributed by atoms with E-state index in [1.807, 2.05) is 0 Å². The fourth-order valence-corrected chi connectivity index (χ4v) is 2.56. The minimum atomic E-state index is -0.666. The summed E-state index contributed by atoms with van der Waals surface area (Å²) in [5.74, 6) is -1.31. The van der Waals surface area contributed by atoms with E-state index in [0.29, 0.717) is 0 Å². The van der Waals surface area contributed by atoms with Gasteiger partial charge in [0.2, 0.25) is 0 Å². The summed E-state index contributed by atoms with van der Waals surface area (Å²) >= 11 is 0.808. The maximum atomic E-state index is 12.3. The molecule has 0 aliphatic carbocycles. The Balaban J connectivity index is 2.35. The molecule has 0 saturated carbocycles. The van der Waals surface area contributed by atoms with Crippen LogP contribution in [-0.2, 0) is 4.74 Å². The average Bonchev–Trinajstić information content (AvgIpc) is 2.87. The van der Waals surface area contributed by atoms with E-state index >= 15 is 0 Å². The SMILES string of the molecule is COC(=O)c1ccccc1C(=O)Nc1snc(C)c1[N+](=O)[O-]. The van der Waals surface area contributed by atoms with E-state index in [-0.39, 0.29) is 27.5 Å². The quantitative estimate of drug-likeness (QED) is 0.526. The van der Waals surface area contributed by atoms with Crippen LogP contribution in [0.25, 0.3) is 0 Å². The Bertz CT molecular complexity index is 756. The molecule has 0 unspecified atom stereocenters. The van der Waals surface area contributed by atoms with Crippen molar-refractivity contribution in [2.45, 2.75) is 6.92 Å². The van der Waals surface area contributed by atoms with E-state index in [0.717, 1.165) is 11.5 Å². The van der Waals surface area contributed by atoms with E-state index in [4.69, 9.17) is 0 Å². The molecule has 2 aromatic rings. The summed E-state index contributed by atoms with van der Waals surface area (Å²) < 4.78 is 8.46. The first-order valence-electron chi connectivity index (χ1n) is 6.05. The molecule has 0 aliphatic rings. The molecule has 22 heavy (non-hydrogen) atoms. The molecule has 0 atom stereocenters. The number of nitrogens with one attached hydrogen (secondary N) is 1. The molecule has 1 aromatic heterocycles. The van der Waals surface area contributed by atoms with Crippen molar-refractivity contribution in [3.63, 3.8) is 0 Å². The number of aromatic nitrogens is 1. The Kier molecular flexibility index (Phi) is 4.47. The van der Waals surface area contributed by atoms with E-state index in [2.05, 4.69) is 14.4 Å². The number of esters is 1. The van der Waals surface area contributed by atoms with E-state index in [1.165, 1.54) is 26.2 Å². The zero-order valence-corrected chi connectivity index (χ0v) is 12.5. The number of nitrogens with zero attached hydrogens (tertiary/aromatic N) is 2. The van der Waals surface area contributed by atoms with Crippen molar-refractivity contribution in [1.29, 1.82) is 0 Å². The van der Waals surface area contributed by atoms with Crippen LogP contribution in [0.1, 0.15) is 26.4 Å². The topological polar surface area (TPSA) is 111 Å². The predicted octanol–water partition coefficient (Wildman–Crippen LogP) is 2.40. The molecule has 8 nitrogen and oxygen atoms in total. The predicted molar refractivity (Wildman–Crippen MR) is 79.2 cm³/mol. The Labute approximate surface area is 129 Å². The van der Waals surface area contributed by atoms with Gasteiger partial charge in [-0.3, -0.25) is 14.9 Å². The fraction of sp³-hybridized carbons (Fsp3) is 0.154. The normalized spacial score (nSPS) is 10.1. The number of carbonyl (C=O) groups excluding carboxylic acids is 2. The van der Waals surface area contributed by atoms with Gasteiger partial charge in [-0.25, -0.2) is 4.79 Å². The highest BCUT2D eigenvalue weighted by Gasteiger charge is 2.25. The van der Waals surface area contributed by atoms with Gasteiger partial charge in [-0.15, -0.1) is 0 Å². The summed E-state index contributed by atoms with van der Waals surface area (Å²) in [5, 5.41) is 13.4. The highest BCUT2D eigenvalue weighted by molar-refractivity contribution is 7.11. The molecule has 0 saturated heterocycles. The van der Waals surface area contributed by atoms with Crippen LogP contribution in [0.2, 0.25) is 0 Å². The maximum Gasteiger partial charge on any atom is 0.338 e. The van der Waals surface area contributed by atoms with Gasteiger partial charge < -0.3 is 10.1 Å². The molecule has 114 valence electrons. The van der Waals surface area contributed by atoms with Crippen molar-refractivity contribution in [1.82, 2.24) is 4.37 Å². The van der Waals surface area contributed by atoms with Crippen LogP contribution >= 0.6 is 11.5 Å². The molecule has 0 spiro atoms. The molecule has 1 amide bonds. The zero-order chi connectivity index (χ0) is 16.3. The van der Waals surface area contributed by atoms with Gasteiger partial charge in [0.1, 0.15) is 5.69 Å². The van der Waals surface area contributed by atoms with Gasteiger partial charge in [0.25, 0.3) is 5.91 Å². The van der Waals surface area contributed by atoms with Crippen LogP contribution in [0.3, 0.4) is 0 Å². The van der Waals surface area contributed by atoms with Gasteiger partial charge in [-0.2, -0.15) is 4.37 Å². The lowest BCUT2D eigenvalue weighted by molar-refractivity contribution is -0.384. The molecule has 2 rings (SSSR count). The molecular formula is C13H11N3O5S. The Morgan fingerprint density at radius 1 is 1.32 bits per heavy atom. The molecular weight excluding hydrogens is 310 g/mol. The van der Waals surface area contributed by atoms with Crippen molar-refractivity contribution in [3.05, 3.63) is 51.2 Å². The van der Waals surface area contributed by atoms with Crippen LogP contribution in [0.4, 0.5) is 10.7 Å². The summed E-state index contributed by atoms with van der Waals surface area (Å²) in [6.07, 6.45) is 0. The number of anilines is 1. The molecule has 0 aliphatic heterocycles. The minimum absolute atomic E-state index is 0.0205. The second-order valence-electron chi connectivity index (χ2n) is 4.19. The van der Waals surface area contributed by atoms with Crippen LogP contribution in [0, 0.1) is 17.0 Å². The van der Waals surface area contributed by atoms with Crippen molar-refractivity contribution in [2.24, 2.45) is 0 Å². The molecule has 1 N–H and O–H groups in total. The number of carbonyl (C=O) groups is 2. The number of aryl methyl sites for hydroxylation is 1. The monoisotopic (exact) mass is 321 g/mol. The Morgan fingerprint density at radius 3 is 2.55 bits per heavy atom. The van der Waals surface area contributed by atoms with Crippen LogP contribution in [0.15, 0.2) is 24.3 Å². The summed E-state index contributed by atoms with van der Waals surface area (Å²) in [6.45, 7) is 1.48. The highest BCUT2D eigenvalue weighted by Crippen LogP contribution is 2.32. The van der Waals surface area contributed by atoms with E-state index in [1.54, 1.807) is 12.1 Å². The second-order valence-corrected chi connectivity index (χ2v) is 4.97. The van der Waals surface area contributed by atoms with Gasteiger partial charge in [-0.1, -0.05) is 12.1 Å². The molecule has 0 fully saturated rings. The minimum Gasteiger partial charge on any atom is -0.465 e. The number of hydrogen-bond donors (Lipinski definition) is 1. The molecule has 9 heteroatoms. The number of rotatable bonds is 4. The van der Waals surface area contributed by atoms with Crippen molar-refractivity contribution in [2.75, 3.05) is 12.4 Å². The highest BCUT2D eigenvalue weighted by atomic mass is 32.1. The maximum absolute atomic E-state index is 12.3. The lowest BCUT2D eigenvalue weighted by Gasteiger charge is -2.07. The zero-order valence-electron chi connectivity index (χ0n) is 11.7. The number of hydrogen-bond acceptors (Lipinski definition) is 7. The Hall–Kier alpha value is -2.81. The number of benzene rings is 1. The smallest absolute Gasteiger partial charge is 0.338 e. The summed E-state index contributed by atoms with van der Waals surface area (Å²) in [6, 6.07) is 6.03. The van der Waals surface area contributed by atoms with Crippen molar-refractivity contribution < 1.29 is 19.2 Å². The third kappa shape index (κ3) is 2.93. The van der Waals surface area contributed by atoms with Crippen molar-refractivity contribution in [3.8, 4) is 0 Å². The first-order chi connectivity index (χ1) is 10.5. The summed E-state index contributed by atoms with van der Waals surface area (Å²) in [5.41, 5.74) is 0.0987. The van der Waals surface area contributed by atoms with Gasteiger partial charge in [-0.05, 0) is 30.6 Å². The lowest BCUT2D eigenvalue weighted by Crippen LogP contribution is -2.17. The number of nitro groups is 1. The van der Waals surface area contributed by atoms with Crippen LogP contribution in [-0.4, -0.2) is 28.3 Å². The largest absolute Gasteiger partial charge is 0.465 e. The fourth-order valence-electron chi connectivity index (χ4n) is 1.80. The molecule has 1 aromatic carbocycles. The van der Waals surface area contributed by atoms with Crippen LogP contribution < -0.4 is 5.32 Å². The Morgan fingerprint density at radius 2 is 1.95 bits per heavy atom. The van der Waals surface area contributed by atoms with Gasteiger partial charge in [0, 0.05) is 0 Å². The van der Waals surface area contributed by atoms with Gasteiger partial charge in [0.15, 0.2) is 5.00 Å². The first kappa shape index (κ1) is 15.6.